The van der Waals surface area contributed by atoms with Gasteiger partial charge in [-0.05, 0) is 24.1 Å². The monoisotopic (exact) mass is 359 g/mol. The zero-order chi connectivity index (χ0) is 18.9. The first kappa shape index (κ1) is 17.9. The molecule has 1 saturated heterocycles. The smallest absolute Gasteiger partial charge is 0.322 e. The Labute approximate surface area is 150 Å². The first-order valence-corrected chi connectivity index (χ1v) is 8.50. The number of urea groups is 1. The Morgan fingerprint density at radius 2 is 2.08 bits per heavy atom. The van der Waals surface area contributed by atoms with E-state index in [-0.39, 0.29) is 24.7 Å². The summed E-state index contributed by atoms with van der Waals surface area (Å²) in [5, 5.41) is 4.75. The van der Waals surface area contributed by atoms with Crippen LogP contribution < -0.4 is 15.4 Å². The lowest BCUT2D eigenvalue weighted by Crippen LogP contribution is -2.56. The van der Waals surface area contributed by atoms with Crippen molar-refractivity contribution in [2.75, 3.05) is 13.7 Å². The van der Waals surface area contributed by atoms with Gasteiger partial charge >= 0.3 is 6.03 Å². The highest BCUT2D eigenvalue weighted by Gasteiger charge is 2.50. The number of benzene rings is 1. The number of imide groups is 1. The molecule has 138 valence electrons. The van der Waals surface area contributed by atoms with Crippen LogP contribution in [-0.2, 0) is 16.1 Å². The molecule has 2 heterocycles. The van der Waals surface area contributed by atoms with E-state index in [4.69, 9.17) is 4.74 Å². The van der Waals surface area contributed by atoms with Crippen molar-refractivity contribution in [3.63, 3.8) is 0 Å². The van der Waals surface area contributed by atoms with Gasteiger partial charge in [0.15, 0.2) is 0 Å². The molecule has 0 aromatic heterocycles. The number of ether oxygens (including phenoxy) is 1. The van der Waals surface area contributed by atoms with E-state index in [9.17, 15) is 19.2 Å². The molecule has 0 radical (unpaired) electrons. The number of ketones is 1. The first-order chi connectivity index (χ1) is 12.4. The predicted molar refractivity (Wildman–Crippen MR) is 91.7 cm³/mol. The van der Waals surface area contributed by atoms with E-state index in [0.717, 1.165) is 5.56 Å². The molecule has 2 aliphatic rings. The van der Waals surface area contributed by atoms with E-state index < -0.39 is 17.5 Å². The molecule has 0 spiro atoms. The lowest BCUT2D eigenvalue weighted by molar-refractivity contribution is -0.129. The SMILES string of the molecule is CCCC(=O)CC1(CN2Cc3ccc(OC)cc3C2=O)NC(=O)NC1=O. The molecule has 1 unspecified atom stereocenters. The van der Waals surface area contributed by atoms with Crippen LogP contribution in [0.5, 0.6) is 5.75 Å². The second-order valence-corrected chi connectivity index (χ2v) is 6.64. The number of fused-ring (bicyclic) bond motifs is 1. The number of carbonyl (C=O) groups is 4. The van der Waals surface area contributed by atoms with Gasteiger partial charge < -0.3 is 15.0 Å². The molecule has 8 nitrogen and oxygen atoms in total. The van der Waals surface area contributed by atoms with Gasteiger partial charge in [-0.25, -0.2) is 4.79 Å². The van der Waals surface area contributed by atoms with Crippen LogP contribution >= 0.6 is 0 Å². The average molecular weight is 359 g/mol. The molecular formula is C18H21N3O5. The predicted octanol–water partition coefficient (Wildman–Crippen LogP) is 0.988. The number of hydrogen-bond donors (Lipinski definition) is 2. The van der Waals surface area contributed by atoms with Crippen molar-refractivity contribution < 1.29 is 23.9 Å². The third-order valence-corrected chi connectivity index (χ3v) is 4.70. The van der Waals surface area contributed by atoms with Crippen LogP contribution in [-0.4, -0.2) is 47.7 Å². The van der Waals surface area contributed by atoms with Crippen molar-refractivity contribution in [1.82, 2.24) is 15.5 Å². The van der Waals surface area contributed by atoms with Crippen molar-refractivity contribution in [3.8, 4) is 5.75 Å². The summed E-state index contributed by atoms with van der Waals surface area (Å²) in [6.07, 6.45) is 0.830. The van der Waals surface area contributed by atoms with Crippen LogP contribution in [0.1, 0.15) is 42.1 Å². The van der Waals surface area contributed by atoms with E-state index in [0.29, 0.717) is 30.7 Å². The molecule has 1 aromatic rings. The van der Waals surface area contributed by atoms with Crippen molar-refractivity contribution in [3.05, 3.63) is 29.3 Å². The topological polar surface area (TPSA) is 105 Å². The van der Waals surface area contributed by atoms with Gasteiger partial charge in [-0.1, -0.05) is 13.0 Å². The molecule has 2 aliphatic heterocycles. The molecule has 0 bridgehead atoms. The van der Waals surface area contributed by atoms with Crippen molar-refractivity contribution in [2.24, 2.45) is 0 Å². The molecule has 8 heteroatoms. The minimum atomic E-state index is -1.43. The molecule has 4 amide bonds. The highest BCUT2D eigenvalue weighted by Crippen LogP contribution is 2.29. The fourth-order valence-corrected chi connectivity index (χ4v) is 3.44. The fraction of sp³-hybridized carbons (Fsp3) is 0.444. The molecule has 2 N–H and O–H groups in total. The summed E-state index contributed by atoms with van der Waals surface area (Å²) in [7, 11) is 1.52. The molecule has 3 rings (SSSR count). The summed E-state index contributed by atoms with van der Waals surface area (Å²) >= 11 is 0. The van der Waals surface area contributed by atoms with E-state index in [1.165, 1.54) is 12.0 Å². The number of amides is 4. The standard InChI is InChI=1S/C18H21N3O5/c1-3-4-12(22)8-18(16(24)19-17(25)20-18)10-21-9-11-5-6-13(26-2)7-14(11)15(21)23/h5-7H,3-4,8-10H2,1-2H3,(H2,19,20,24,25). The number of nitrogens with one attached hydrogen (secondary N) is 2. The van der Waals surface area contributed by atoms with Crippen molar-refractivity contribution in [2.45, 2.75) is 38.3 Å². The molecule has 26 heavy (non-hydrogen) atoms. The van der Waals surface area contributed by atoms with Crippen LogP contribution in [0, 0.1) is 0 Å². The van der Waals surface area contributed by atoms with Gasteiger partial charge in [0.05, 0.1) is 13.7 Å². The molecular weight excluding hydrogens is 338 g/mol. The molecule has 1 aromatic carbocycles. The second kappa shape index (κ2) is 6.78. The van der Waals surface area contributed by atoms with Gasteiger partial charge in [-0.3, -0.25) is 19.7 Å². The summed E-state index contributed by atoms with van der Waals surface area (Å²) in [4.78, 5) is 50.5. The Bertz CT molecular complexity index is 791. The van der Waals surface area contributed by atoms with Gasteiger partial charge in [-0.2, -0.15) is 0 Å². The highest BCUT2D eigenvalue weighted by atomic mass is 16.5. The molecule has 1 atom stereocenters. The molecule has 0 saturated carbocycles. The van der Waals surface area contributed by atoms with E-state index in [2.05, 4.69) is 10.6 Å². The first-order valence-electron chi connectivity index (χ1n) is 8.50. The van der Waals surface area contributed by atoms with Crippen LogP contribution in [0.3, 0.4) is 0 Å². The molecule has 1 fully saturated rings. The molecule has 0 aliphatic carbocycles. The van der Waals surface area contributed by atoms with Crippen LogP contribution in [0.25, 0.3) is 0 Å². The zero-order valence-corrected chi connectivity index (χ0v) is 14.8. The highest BCUT2D eigenvalue weighted by molar-refractivity contribution is 6.09. The summed E-state index contributed by atoms with van der Waals surface area (Å²) in [6.45, 7) is 2.12. The van der Waals surface area contributed by atoms with Gasteiger partial charge in [0.25, 0.3) is 11.8 Å². The summed E-state index contributed by atoms with van der Waals surface area (Å²) < 4.78 is 5.15. The maximum atomic E-state index is 12.7. The third-order valence-electron chi connectivity index (χ3n) is 4.70. The van der Waals surface area contributed by atoms with Crippen molar-refractivity contribution >= 4 is 23.6 Å². The maximum absolute atomic E-state index is 12.7. The Balaban J connectivity index is 1.84. The van der Waals surface area contributed by atoms with Crippen LogP contribution in [0.15, 0.2) is 18.2 Å². The van der Waals surface area contributed by atoms with Crippen LogP contribution in [0.2, 0.25) is 0 Å². The van der Waals surface area contributed by atoms with E-state index in [1.54, 1.807) is 18.2 Å². The number of nitrogens with zero attached hydrogens (tertiary/aromatic N) is 1. The lowest BCUT2D eigenvalue weighted by atomic mass is 9.90. The van der Waals surface area contributed by atoms with Gasteiger partial charge in [0, 0.05) is 24.9 Å². The largest absolute Gasteiger partial charge is 0.497 e. The number of hydrogen-bond acceptors (Lipinski definition) is 5. The Kier molecular flexibility index (Phi) is 4.67. The third kappa shape index (κ3) is 3.14. The summed E-state index contributed by atoms with van der Waals surface area (Å²) in [5.74, 6) is -0.391. The normalized spacial score (nSPS) is 21.5. The van der Waals surface area contributed by atoms with Gasteiger partial charge in [0.1, 0.15) is 17.1 Å². The summed E-state index contributed by atoms with van der Waals surface area (Å²) in [6, 6.07) is 4.57. The number of carbonyl (C=O) groups excluding carboxylic acids is 4. The van der Waals surface area contributed by atoms with Gasteiger partial charge in [-0.15, -0.1) is 0 Å². The minimum Gasteiger partial charge on any atom is -0.497 e. The quantitative estimate of drug-likeness (QED) is 0.707. The lowest BCUT2D eigenvalue weighted by Gasteiger charge is -2.30. The van der Waals surface area contributed by atoms with Crippen LogP contribution in [0.4, 0.5) is 4.79 Å². The second-order valence-electron chi connectivity index (χ2n) is 6.64. The fourth-order valence-electron chi connectivity index (χ4n) is 3.44. The number of rotatable bonds is 7. The van der Waals surface area contributed by atoms with Crippen molar-refractivity contribution in [1.29, 1.82) is 0 Å². The Hall–Kier alpha value is -2.90. The summed E-state index contributed by atoms with van der Waals surface area (Å²) in [5.41, 5.74) is -0.106. The zero-order valence-electron chi connectivity index (χ0n) is 14.8. The maximum Gasteiger partial charge on any atom is 0.322 e. The van der Waals surface area contributed by atoms with E-state index >= 15 is 0 Å². The number of methoxy groups -OCH3 is 1. The average Bonchev–Trinajstić information content (AvgIpc) is 3.04. The Morgan fingerprint density at radius 3 is 2.69 bits per heavy atom. The Morgan fingerprint density at radius 1 is 1.31 bits per heavy atom. The minimum absolute atomic E-state index is 0.0597. The van der Waals surface area contributed by atoms with Gasteiger partial charge in [0.2, 0.25) is 0 Å². The number of Topliss-reactive ketones (excluding diaryl/α,β-unsaturated/α-hetero) is 1. The van der Waals surface area contributed by atoms with E-state index in [1.807, 2.05) is 6.92 Å².